The van der Waals surface area contributed by atoms with Gasteiger partial charge in [0, 0.05) is 23.5 Å². The van der Waals surface area contributed by atoms with E-state index in [1.54, 1.807) is 29.2 Å². The predicted molar refractivity (Wildman–Crippen MR) is 115 cm³/mol. The molecule has 0 aromatic heterocycles. The zero-order chi connectivity index (χ0) is 21.1. The van der Waals surface area contributed by atoms with Crippen molar-refractivity contribution in [2.24, 2.45) is 11.8 Å². The molecule has 6 heteroatoms. The van der Waals surface area contributed by atoms with E-state index < -0.39 is 17.8 Å². The normalized spacial score (nSPS) is 20.3. The van der Waals surface area contributed by atoms with Gasteiger partial charge in [-0.05, 0) is 61.6 Å². The summed E-state index contributed by atoms with van der Waals surface area (Å²) in [4.78, 5) is 38.9. The highest BCUT2D eigenvalue weighted by atomic mass is 16.4. The zero-order valence-corrected chi connectivity index (χ0v) is 16.6. The standard InChI is InChI=1S/C24H24N2O4/c27-22(19-8-2-3-9-20(19)24(29)30)25-18-13-11-17(12-14-18)23(28)26-15-5-7-16-6-1-4-10-21(16)26/h1-4,6,10-14,19-20H,5,7-9,15H2,(H,25,27)(H,29,30)/t19-,20+/m1/s1. The summed E-state index contributed by atoms with van der Waals surface area (Å²) in [5, 5.41) is 12.2. The largest absolute Gasteiger partial charge is 0.481 e. The number of carboxylic acid groups (broad SMARTS) is 1. The lowest BCUT2D eigenvalue weighted by atomic mass is 9.82. The number of fused-ring (bicyclic) bond motifs is 1. The van der Waals surface area contributed by atoms with Crippen molar-refractivity contribution in [3.05, 3.63) is 71.8 Å². The smallest absolute Gasteiger partial charge is 0.307 e. The minimum absolute atomic E-state index is 0.0663. The number of carbonyl (C=O) groups excluding carboxylic acids is 2. The fraction of sp³-hybridized carbons (Fsp3) is 0.292. The third-order valence-electron chi connectivity index (χ3n) is 5.84. The topological polar surface area (TPSA) is 86.7 Å². The van der Waals surface area contributed by atoms with Crippen LogP contribution >= 0.6 is 0 Å². The monoisotopic (exact) mass is 404 g/mol. The number of anilines is 2. The molecule has 0 bridgehead atoms. The molecule has 0 spiro atoms. The summed E-state index contributed by atoms with van der Waals surface area (Å²) >= 11 is 0. The Morgan fingerprint density at radius 1 is 0.933 bits per heavy atom. The van der Waals surface area contributed by atoms with Gasteiger partial charge in [0.05, 0.1) is 11.8 Å². The first-order valence-electron chi connectivity index (χ1n) is 10.2. The van der Waals surface area contributed by atoms with Crippen LogP contribution in [0, 0.1) is 11.8 Å². The SMILES string of the molecule is O=C(O)[C@H]1CC=CC[C@H]1C(=O)Nc1ccc(C(=O)N2CCCc3ccccc32)cc1. The Morgan fingerprint density at radius 2 is 1.63 bits per heavy atom. The van der Waals surface area contributed by atoms with Crippen LogP contribution in [0.3, 0.4) is 0 Å². The summed E-state index contributed by atoms with van der Waals surface area (Å²) < 4.78 is 0. The fourth-order valence-electron chi connectivity index (χ4n) is 4.21. The fourth-order valence-corrected chi connectivity index (χ4v) is 4.21. The number of allylic oxidation sites excluding steroid dienone is 2. The van der Waals surface area contributed by atoms with E-state index in [9.17, 15) is 19.5 Å². The molecule has 154 valence electrons. The molecule has 2 amide bonds. The van der Waals surface area contributed by atoms with Crippen molar-refractivity contribution in [2.75, 3.05) is 16.8 Å². The molecule has 1 aliphatic heterocycles. The second kappa shape index (κ2) is 8.53. The molecule has 2 aromatic rings. The first-order chi connectivity index (χ1) is 14.5. The van der Waals surface area contributed by atoms with Crippen molar-refractivity contribution in [1.82, 2.24) is 0 Å². The second-order valence-corrected chi connectivity index (χ2v) is 7.75. The van der Waals surface area contributed by atoms with E-state index >= 15 is 0 Å². The number of hydrogen-bond acceptors (Lipinski definition) is 3. The van der Waals surface area contributed by atoms with Gasteiger partial charge in [0.1, 0.15) is 0 Å². The van der Waals surface area contributed by atoms with E-state index in [4.69, 9.17) is 0 Å². The molecule has 2 N–H and O–H groups in total. The minimum atomic E-state index is -0.956. The van der Waals surface area contributed by atoms with Gasteiger partial charge in [-0.3, -0.25) is 14.4 Å². The maximum Gasteiger partial charge on any atom is 0.307 e. The van der Waals surface area contributed by atoms with Crippen LogP contribution in [0.1, 0.15) is 35.2 Å². The van der Waals surface area contributed by atoms with E-state index in [1.165, 1.54) is 5.56 Å². The molecule has 0 fully saturated rings. The quantitative estimate of drug-likeness (QED) is 0.757. The Balaban J connectivity index is 1.46. The third-order valence-corrected chi connectivity index (χ3v) is 5.84. The third kappa shape index (κ3) is 3.99. The van der Waals surface area contributed by atoms with Crippen LogP contribution in [0.25, 0.3) is 0 Å². The van der Waals surface area contributed by atoms with Gasteiger partial charge in [0.15, 0.2) is 0 Å². The first-order valence-corrected chi connectivity index (χ1v) is 10.2. The average molecular weight is 404 g/mol. The van der Waals surface area contributed by atoms with Crippen LogP contribution in [0.5, 0.6) is 0 Å². The molecular formula is C24H24N2O4. The number of aliphatic carboxylic acids is 1. The number of hydrogen-bond donors (Lipinski definition) is 2. The molecule has 0 unspecified atom stereocenters. The van der Waals surface area contributed by atoms with E-state index in [1.807, 2.05) is 30.4 Å². The van der Waals surface area contributed by atoms with E-state index in [0.717, 1.165) is 18.5 Å². The lowest BCUT2D eigenvalue weighted by Gasteiger charge is -2.29. The second-order valence-electron chi connectivity index (χ2n) is 7.75. The first kappa shape index (κ1) is 19.9. The van der Waals surface area contributed by atoms with Crippen LogP contribution in [0.4, 0.5) is 11.4 Å². The molecule has 30 heavy (non-hydrogen) atoms. The Kier molecular flexibility index (Phi) is 5.65. The summed E-state index contributed by atoms with van der Waals surface area (Å²) in [7, 11) is 0. The van der Waals surface area contributed by atoms with E-state index in [0.29, 0.717) is 30.6 Å². The Bertz CT molecular complexity index is 997. The van der Waals surface area contributed by atoms with E-state index in [2.05, 4.69) is 11.4 Å². The molecule has 2 aromatic carbocycles. The summed E-state index contributed by atoms with van der Waals surface area (Å²) in [5.41, 5.74) is 3.23. The van der Waals surface area contributed by atoms with Crippen LogP contribution < -0.4 is 10.2 Å². The van der Waals surface area contributed by atoms with Crippen LogP contribution in [-0.2, 0) is 16.0 Å². The van der Waals surface area contributed by atoms with Gasteiger partial charge in [-0.15, -0.1) is 0 Å². The lowest BCUT2D eigenvalue weighted by molar-refractivity contribution is -0.146. The molecule has 0 saturated heterocycles. The molecule has 2 atom stereocenters. The summed E-state index contributed by atoms with van der Waals surface area (Å²) in [6, 6.07) is 14.7. The zero-order valence-electron chi connectivity index (χ0n) is 16.6. The van der Waals surface area contributed by atoms with Gasteiger partial charge < -0.3 is 15.3 Å². The molecule has 0 saturated carbocycles. The molecule has 1 heterocycles. The molecule has 6 nitrogen and oxygen atoms in total. The summed E-state index contributed by atoms with van der Waals surface area (Å²) in [6.45, 7) is 0.681. The number of para-hydroxylation sites is 1. The maximum absolute atomic E-state index is 13.0. The number of carbonyl (C=O) groups is 3. The minimum Gasteiger partial charge on any atom is -0.481 e. The number of amides is 2. The number of rotatable bonds is 4. The number of nitrogens with one attached hydrogen (secondary N) is 1. The van der Waals surface area contributed by atoms with E-state index in [-0.39, 0.29) is 11.8 Å². The Hall–Kier alpha value is -3.41. The van der Waals surface area contributed by atoms with Gasteiger partial charge in [-0.25, -0.2) is 0 Å². The van der Waals surface area contributed by atoms with Crippen LogP contribution in [0.2, 0.25) is 0 Å². The number of nitrogens with zero attached hydrogens (tertiary/aromatic N) is 1. The van der Waals surface area contributed by atoms with Crippen molar-refractivity contribution in [1.29, 1.82) is 0 Å². The molecular weight excluding hydrogens is 380 g/mol. The van der Waals surface area contributed by atoms with Crippen molar-refractivity contribution in [2.45, 2.75) is 25.7 Å². The maximum atomic E-state index is 13.0. The van der Waals surface area contributed by atoms with Crippen LogP contribution in [-0.4, -0.2) is 29.4 Å². The van der Waals surface area contributed by atoms with Gasteiger partial charge in [0.2, 0.25) is 5.91 Å². The number of carboxylic acids is 1. The van der Waals surface area contributed by atoms with Gasteiger partial charge in [0.25, 0.3) is 5.91 Å². The van der Waals surface area contributed by atoms with Crippen LogP contribution in [0.15, 0.2) is 60.7 Å². The predicted octanol–water partition coefficient (Wildman–Crippen LogP) is 3.89. The number of benzene rings is 2. The lowest BCUT2D eigenvalue weighted by Crippen LogP contribution is -2.35. The Labute approximate surface area is 175 Å². The van der Waals surface area contributed by atoms with Gasteiger partial charge in [-0.1, -0.05) is 30.4 Å². The molecule has 2 aliphatic rings. The van der Waals surface area contributed by atoms with Crippen molar-refractivity contribution >= 4 is 29.2 Å². The van der Waals surface area contributed by atoms with Crippen molar-refractivity contribution in [3.8, 4) is 0 Å². The summed E-state index contributed by atoms with van der Waals surface area (Å²) in [5.74, 6) is -2.64. The summed E-state index contributed by atoms with van der Waals surface area (Å²) in [6.07, 6.45) is 6.33. The highest BCUT2D eigenvalue weighted by molar-refractivity contribution is 6.07. The highest BCUT2D eigenvalue weighted by Crippen LogP contribution is 2.29. The van der Waals surface area contributed by atoms with Gasteiger partial charge >= 0.3 is 5.97 Å². The highest BCUT2D eigenvalue weighted by Gasteiger charge is 2.34. The van der Waals surface area contributed by atoms with Crippen molar-refractivity contribution in [3.63, 3.8) is 0 Å². The van der Waals surface area contributed by atoms with Gasteiger partial charge in [-0.2, -0.15) is 0 Å². The van der Waals surface area contributed by atoms with Crippen molar-refractivity contribution < 1.29 is 19.5 Å². The number of aryl methyl sites for hydroxylation is 1. The average Bonchev–Trinajstić information content (AvgIpc) is 2.78. The molecule has 0 radical (unpaired) electrons. The Morgan fingerprint density at radius 3 is 2.37 bits per heavy atom. The molecule has 4 rings (SSSR count). The molecule has 1 aliphatic carbocycles.